The fourth-order valence-electron chi connectivity index (χ4n) is 1.70. The van der Waals surface area contributed by atoms with E-state index in [0.29, 0.717) is 6.42 Å². The number of benzene rings is 1. The maximum Gasteiger partial charge on any atom is 0.227 e. The van der Waals surface area contributed by atoms with Crippen molar-refractivity contribution < 1.29 is 4.79 Å². The minimum atomic E-state index is -0.320. The average molecular weight is 291 g/mol. The number of anilines is 1. The normalized spacial score (nSPS) is 10.8. The number of thioether (sulfide) groups is 1. The molecule has 0 aliphatic rings. The number of hydrogen-bond acceptors (Lipinski definition) is 4. The van der Waals surface area contributed by atoms with Gasteiger partial charge in [-0.2, -0.15) is 5.26 Å². The van der Waals surface area contributed by atoms with Gasteiger partial charge in [-0.3, -0.25) is 4.79 Å². The summed E-state index contributed by atoms with van der Waals surface area (Å²) < 4.78 is 0. The van der Waals surface area contributed by atoms with Gasteiger partial charge in [-0.05, 0) is 24.0 Å². The van der Waals surface area contributed by atoms with Crippen LogP contribution in [0.25, 0.3) is 0 Å². The van der Waals surface area contributed by atoms with Gasteiger partial charge in [0, 0.05) is 23.5 Å². The fraction of sp³-hybridized carbons (Fsp3) is 0.467. The third-order valence-corrected chi connectivity index (χ3v) is 4.02. The zero-order valence-electron chi connectivity index (χ0n) is 12.0. The van der Waals surface area contributed by atoms with Gasteiger partial charge in [-0.25, -0.2) is 0 Å². The summed E-state index contributed by atoms with van der Waals surface area (Å²) in [5.74, 6) is -0.0459. The van der Waals surface area contributed by atoms with Crippen LogP contribution < -0.4 is 11.1 Å². The minimum absolute atomic E-state index is 0.0528. The van der Waals surface area contributed by atoms with E-state index in [0.717, 1.165) is 23.5 Å². The molecule has 0 aliphatic heterocycles. The highest BCUT2D eigenvalue weighted by atomic mass is 32.2. The van der Waals surface area contributed by atoms with Crippen LogP contribution in [0, 0.1) is 16.7 Å². The van der Waals surface area contributed by atoms with Gasteiger partial charge >= 0.3 is 0 Å². The van der Waals surface area contributed by atoms with Crippen LogP contribution in [0.5, 0.6) is 0 Å². The molecule has 1 amide bonds. The second-order valence-electron chi connectivity index (χ2n) is 5.43. The lowest BCUT2D eigenvalue weighted by Crippen LogP contribution is -2.23. The Kier molecular flexibility index (Phi) is 6.40. The topological polar surface area (TPSA) is 78.9 Å². The molecule has 0 bridgehead atoms. The van der Waals surface area contributed by atoms with Gasteiger partial charge in [0.1, 0.15) is 0 Å². The Morgan fingerprint density at radius 3 is 2.80 bits per heavy atom. The molecule has 0 saturated carbocycles. The number of nitrogens with one attached hydrogen (secondary N) is 1. The largest absolute Gasteiger partial charge is 0.384 e. The number of hydrogen-bond donors (Lipinski definition) is 2. The van der Waals surface area contributed by atoms with Crippen LogP contribution in [0.2, 0.25) is 0 Å². The van der Waals surface area contributed by atoms with Crippen LogP contribution in [0.1, 0.15) is 26.7 Å². The van der Waals surface area contributed by atoms with E-state index in [9.17, 15) is 4.79 Å². The number of carbonyl (C=O) groups is 1. The molecule has 20 heavy (non-hydrogen) atoms. The summed E-state index contributed by atoms with van der Waals surface area (Å²) >= 11 is 1.43. The predicted molar refractivity (Wildman–Crippen MR) is 83.5 cm³/mol. The Labute approximate surface area is 124 Å². The molecule has 0 spiro atoms. The first-order chi connectivity index (χ1) is 9.44. The molecule has 0 atom stereocenters. The number of nitrogens with zero attached hydrogens (tertiary/aromatic N) is 1. The first kappa shape index (κ1) is 16.4. The zero-order valence-corrected chi connectivity index (χ0v) is 12.8. The predicted octanol–water partition coefficient (Wildman–Crippen LogP) is 3.01. The molecule has 1 rings (SSSR count). The van der Waals surface area contributed by atoms with Gasteiger partial charge in [-0.15, -0.1) is 11.8 Å². The Balaban J connectivity index is 2.63. The number of rotatable bonds is 8. The number of carbonyl (C=O) groups excluding carboxylic acids is 1. The number of para-hydroxylation sites is 1. The van der Waals surface area contributed by atoms with E-state index in [-0.39, 0.29) is 17.1 Å². The second kappa shape index (κ2) is 7.81. The van der Waals surface area contributed by atoms with Crippen molar-refractivity contribution in [3.05, 3.63) is 24.3 Å². The highest BCUT2D eigenvalue weighted by Gasteiger charge is 2.17. The first-order valence-electron chi connectivity index (χ1n) is 6.55. The standard InChI is InChI=1S/C15H21N3OS/c1-15(2,8-5-9-16)11-18-12-6-3-4-7-13(12)20-10-14(17)19/h3-4,6-7,18H,5,8,10-11H2,1-2H3,(H2,17,19). The van der Waals surface area contributed by atoms with Crippen molar-refractivity contribution >= 4 is 23.4 Å². The maximum absolute atomic E-state index is 10.9. The van der Waals surface area contributed by atoms with E-state index in [2.05, 4.69) is 25.2 Å². The molecule has 0 heterocycles. The highest BCUT2D eigenvalue weighted by Crippen LogP contribution is 2.29. The molecule has 4 nitrogen and oxygen atoms in total. The lowest BCUT2D eigenvalue weighted by Gasteiger charge is -2.25. The number of amides is 1. The molecule has 0 radical (unpaired) electrons. The SMILES string of the molecule is CC(C)(CCC#N)CNc1ccccc1SCC(N)=O. The molecule has 0 unspecified atom stereocenters. The monoisotopic (exact) mass is 291 g/mol. The summed E-state index contributed by atoms with van der Waals surface area (Å²) in [4.78, 5) is 11.9. The first-order valence-corrected chi connectivity index (χ1v) is 7.54. The molecule has 0 saturated heterocycles. The summed E-state index contributed by atoms with van der Waals surface area (Å²) in [7, 11) is 0. The van der Waals surface area contributed by atoms with Crippen molar-refractivity contribution in [1.82, 2.24) is 0 Å². The van der Waals surface area contributed by atoms with Crippen LogP contribution >= 0.6 is 11.8 Å². The van der Waals surface area contributed by atoms with Gasteiger partial charge in [0.15, 0.2) is 0 Å². The lowest BCUT2D eigenvalue weighted by atomic mass is 9.88. The average Bonchev–Trinajstić information content (AvgIpc) is 2.41. The number of nitrogens with two attached hydrogens (primary N) is 1. The molecule has 108 valence electrons. The fourth-order valence-corrected chi connectivity index (χ4v) is 2.47. The summed E-state index contributed by atoms with van der Waals surface area (Å²) in [5.41, 5.74) is 6.23. The smallest absolute Gasteiger partial charge is 0.227 e. The zero-order chi connectivity index (χ0) is 15.0. The Hall–Kier alpha value is -1.67. The third kappa shape index (κ3) is 5.98. The summed E-state index contributed by atoms with van der Waals surface area (Å²) in [6.45, 7) is 5.05. The molecule has 0 aliphatic carbocycles. The van der Waals surface area contributed by atoms with Crippen molar-refractivity contribution in [1.29, 1.82) is 5.26 Å². The van der Waals surface area contributed by atoms with Crippen LogP contribution in [-0.2, 0) is 4.79 Å². The Morgan fingerprint density at radius 2 is 2.15 bits per heavy atom. The molecule has 0 fully saturated rings. The van der Waals surface area contributed by atoms with E-state index >= 15 is 0 Å². The van der Waals surface area contributed by atoms with E-state index in [1.54, 1.807) is 0 Å². The highest BCUT2D eigenvalue weighted by molar-refractivity contribution is 8.00. The van der Waals surface area contributed by atoms with Crippen molar-refractivity contribution in [2.24, 2.45) is 11.1 Å². The number of primary amides is 1. The summed E-state index contributed by atoms with van der Waals surface area (Å²) in [6, 6.07) is 10.0. The van der Waals surface area contributed by atoms with E-state index in [1.807, 2.05) is 24.3 Å². The summed E-state index contributed by atoms with van der Waals surface area (Å²) in [6.07, 6.45) is 1.42. The van der Waals surface area contributed by atoms with E-state index in [4.69, 9.17) is 11.0 Å². The molecule has 1 aromatic rings. The molecule has 5 heteroatoms. The Morgan fingerprint density at radius 1 is 1.45 bits per heavy atom. The molecular weight excluding hydrogens is 270 g/mol. The van der Waals surface area contributed by atoms with Crippen molar-refractivity contribution in [3.63, 3.8) is 0 Å². The van der Waals surface area contributed by atoms with E-state index in [1.165, 1.54) is 11.8 Å². The molecule has 3 N–H and O–H groups in total. The minimum Gasteiger partial charge on any atom is -0.384 e. The van der Waals surface area contributed by atoms with Gasteiger partial charge in [0.25, 0.3) is 0 Å². The van der Waals surface area contributed by atoms with Crippen molar-refractivity contribution in [2.45, 2.75) is 31.6 Å². The van der Waals surface area contributed by atoms with Gasteiger partial charge in [0.2, 0.25) is 5.91 Å². The molecule has 0 aromatic heterocycles. The van der Waals surface area contributed by atoms with Gasteiger partial charge < -0.3 is 11.1 Å². The van der Waals surface area contributed by atoms with Crippen molar-refractivity contribution in [2.75, 3.05) is 17.6 Å². The van der Waals surface area contributed by atoms with Crippen LogP contribution in [0.15, 0.2) is 29.2 Å². The third-order valence-electron chi connectivity index (χ3n) is 2.93. The van der Waals surface area contributed by atoms with Crippen molar-refractivity contribution in [3.8, 4) is 6.07 Å². The van der Waals surface area contributed by atoms with Gasteiger partial charge in [0.05, 0.1) is 11.8 Å². The van der Waals surface area contributed by atoms with Crippen LogP contribution in [0.4, 0.5) is 5.69 Å². The van der Waals surface area contributed by atoms with Crippen LogP contribution in [-0.4, -0.2) is 18.2 Å². The van der Waals surface area contributed by atoms with E-state index < -0.39 is 0 Å². The van der Waals surface area contributed by atoms with Gasteiger partial charge in [-0.1, -0.05) is 26.0 Å². The number of nitriles is 1. The quantitative estimate of drug-likeness (QED) is 0.722. The maximum atomic E-state index is 10.9. The summed E-state index contributed by atoms with van der Waals surface area (Å²) in [5, 5.41) is 12.1. The Bertz CT molecular complexity index is 494. The molecule has 1 aromatic carbocycles. The van der Waals surface area contributed by atoms with Crippen LogP contribution in [0.3, 0.4) is 0 Å². The lowest BCUT2D eigenvalue weighted by molar-refractivity contribution is -0.115. The second-order valence-corrected chi connectivity index (χ2v) is 6.44. The molecular formula is C15H21N3OS.